The number of nitrogens with one attached hydrogen (secondary N) is 3. The van der Waals surface area contributed by atoms with Crippen molar-refractivity contribution in [2.45, 2.75) is 32.1 Å². The van der Waals surface area contributed by atoms with Gasteiger partial charge < -0.3 is 16.0 Å². The molecule has 1 aromatic heterocycles. The highest BCUT2D eigenvalue weighted by atomic mass is 127. The van der Waals surface area contributed by atoms with E-state index >= 15 is 0 Å². The molecule has 2 heterocycles. The van der Waals surface area contributed by atoms with Crippen molar-refractivity contribution in [1.82, 2.24) is 20.4 Å². The highest BCUT2D eigenvalue weighted by molar-refractivity contribution is 14.0. The molecule has 0 aliphatic carbocycles. The smallest absolute Gasteiger partial charge is 0.225 e. The molecule has 3 N–H and O–H groups in total. The number of fused-ring (bicyclic) bond motifs is 1. The van der Waals surface area contributed by atoms with Gasteiger partial charge in [-0.1, -0.05) is 18.2 Å². The second-order valence-corrected chi connectivity index (χ2v) is 6.81. The SMILES string of the molecule is CCNC(=NCC1CC(=O)Nc2ccccc21)NCCCc1cnn(C)c1.I. The molecule has 1 unspecified atom stereocenters. The summed E-state index contributed by atoms with van der Waals surface area (Å²) >= 11 is 0. The fraction of sp³-hybridized carbons (Fsp3) is 0.450. The number of guanidine groups is 1. The van der Waals surface area contributed by atoms with Gasteiger partial charge in [0.25, 0.3) is 0 Å². The van der Waals surface area contributed by atoms with Crippen LogP contribution < -0.4 is 16.0 Å². The van der Waals surface area contributed by atoms with E-state index in [1.165, 1.54) is 5.56 Å². The Morgan fingerprint density at radius 1 is 1.36 bits per heavy atom. The third-order valence-electron chi connectivity index (χ3n) is 4.61. The first-order chi connectivity index (χ1) is 13.2. The van der Waals surface area contributed by atoms with Crippen molar-refractivity contribution in [1.29, 1.82) is 0 Å². The van der Waals surface area contributed by atoms with Crippen LogP contribution in [-0.2, 0) is 18.3 Å². The largest absolute Gasteiger partial charge is 0.357 e. The number of aryl methyl sites for hydroxylation is 2. The summed E-state index contributed by atoms with van der Waals surface area (Å²) in [5, 5.41) is 13.8. The lowest BCUT2D eigenvalue weighted by Crippen LogP contribution is -2.38. The van der Waals surface area contributed by atoms with Crippen molar-refractivity contribution in [3.8, 4) is 0 Å². The Balaban J connectivity index is 0.00000280. The molecule has 3 rings (SSSR count). The number of carbonyl (C=O) groups excluding carboxylic acids is 1. The number of hydrogen-bond acceptors (Lipinski definition) is 3. The van der Waals surface area contributed by atoms with Crippen molar-refractivity contribution in [2.24, 2.45) is 12.0 Å². The fourth-order valence-corrected chi connectivity index (χ4v) is 3.31. The first-order valence-corrected chi connectivity index (χ1v) is 9.54. The molecular formula is C20H29IN6O. The molecular weight excluding hydrogens is 467 g/mol. The number of halogens is 1. The topological polar surface area (TPSA) is 83.3 Å². The summed E-state index contributed by atoms with van der Waals surface area (Å²) in [6.07, 6.45) is 6.41. The maximum absolute atomic E-state index is 12.0. The summed E-state index contributed by atoms with van der Waals surface area (Å²) < 4.78 is 1.83. The summed E-state index contributed by atoms with van der Waals surface area (Å²) in [4.78, 5) is 16.7. The molecule has 0 bridgehead atoms. The number of amides is 1. The van der Waals surface area contributed by atoms with Crippen LogP contribution >= 0.6 is 24.0 Å². The highest BCUT2D eigenvalue weighted by Crippen LogP contribution is 2.31. The predicted molar refractivity (Wildman–Crippen MR) is 123 cm³/mol. The average molecular weight is 496 g/mol. The van der Waals surface area contributed by atoms with Gasteiger partial charge in [-0.2, -0.15) is 5.10 Å². The Morgan fingerprint density at radius 3 is 2.93 bits per heavy atom. The lowest BCUT2D eigenvalue weighted by atomic mass is 9.91. The van der Waals surface area contributed by atoms with Gasteiger partial charge in [0.15, 0.2) is 5.96 Å². The average Bonchev–Trinajstić information content (AvgIpc) is 3.08. The molecule has 0 saturated heterocycles. The van der Waals surface area contributed by atoms with Crippen LogP contribution in [0.1, 0.15) is 36.8 Å². The molecule has 1 amide bonds. The summed E-state index contributed by atoms with van der Waals surface area (Å²) in [6, 6.07) is 7.97. The van der Waals surface area contributed by atoms with E-state index in [1.807, 2.05) is 42.3 Å². The summed E-state index contributed by atoms with van der Waals surface area (Å²) in [5.41, 5.74) is 3.31. The molecule has 1 aromatic carbocycles. The molecule has 1 atom stereocenters. The fourth-order valence-electron chi connectivity index (χ4n) is 3.31. The molecule has 2 aromatic rings. The van der Waals surface area contributed by atoms with Crippen molar-refractivity contribution in [3.05, 3.63) is 47.8 Å². The van der Waals surface area contributed by atoms with Gasteiger partial charge >= 0.3 is 0 Å². The number of benzene rings is 1. The van der Waals surface area contributed by atoms with Crippen LogP contribution in [0.15, 0.2) is 41.7 Å². The van der Waals surface area contributed by atoms with Gasteiger partial charge in [-0.25, -0.2) is 0 Å². The Kier molecular flexibility index (Phi) is 8.75. The van der Waals surface area contributed by atoms with E-state index in [1.54, 1.807) is 0 Å². The molecule has 0 spiro atoms. The Labute approximate surface area is 183 Å². The molecule has 0 fully saturated rings. The van der Waals surface area contributed by atoms with Gasteiger partial charge in [-0.05, 0) is 37.0 Å². The van der Waals surface area contributed by atoms with Gasteiger partial charge in [0.1, 0.15) is 0 Å². The van der Waals surface area contributed by atoms with Crippen molar-refractivity contribution < 1.29 is 4.79 Å². The first kappa shape index (κ1) is 22.2. The minimum Gasteiger partial charge on any atom is -0.357 e. The van der Waals surface area contributed by atoms with Crippen LogP contribution in [0.3, 0.4) is 0 Å². The number of aliphatic imine (C=N–C) groups is 1. The number of aromatic nitrogens is 2. The normalized spacial score (nSPS) is 16.0. The van der Waals surface area contributed by atoms with E-state index in [-0.39, 0.29) is 35.8 Å². The second-order valence-electron chi connectivity index (χ2n) is 6.81. The molecule has 1 aliphatic heterocycles. The monoisotopic (exact) mass is 496 g/mol. The van der Waals surface area contributed by atoms with Gasteiger partial charge in [0, 0.05) is 44.4 Å². The predicted octanol–water partition coefficient (Wildman–Crippen LogP) is 2.65. The number of anilines is 1. The van der Waals surface area contributed by atoms with E-state index in [0.29, 0.717) is 13.0 Å². The molecule has 0 radical (unpaired) electrons. The highest BCUT2D eigenvalue weighted by Gasteiger charge is 2.24. The minimum absolute atomic E-state index is 0. The maximum Gasteiger partial charge on any atom is 0.225 e. The minimum atomic E-state index is 0. The second kappa shape index (κ2) is 11.0. The summed E-state index contributed by atoms with van der Waals surface area (Å²) in [6.45, 7) is 4.28. The van der Waals surface area contributed by atoms with Crippen molar-refractivity contribution in [2.75, 3.05) is 25.0 Å². The number of nitrogens with zero attached hydrogens (tertiary/aromatic N) is 3. The van der Waals surface area contributed by atoms with E-state index in [0.717, 1.165) is 43.1 Å². The number of hydrogen-bond donors (Lipinski definition) is 3. The van der Waals surface area contributed by atoms with Crippen molar-refractivity contribution in [3.63, 3.8) is 0 Å². The third kappa shape index (κ3) is 6.22. The molecule has 1 aliphatic rings. The van der Waals surface area contributed by atoms with Gasteiger partial charge in [0.05, 0.1) is 12.7 Å². The lowest BCUT2D eigenvalue weighted by molar-refractivity contribution is -0.116. The van der Waals surface area contributed by atoms with E-state index in [9.17, 15) is 4.79 Å². The maximum atomic E-state index is 12.0. The zero-order valence-electron chi connectivity index (χ0n) is 16.4. The first-order valence-electron chi connectivity index (χ1n) is 9.54. The molecule has 152 valence electrons. The van der Waals surface area contributed by atoms with Gasteiger partial charge in [-0.3, -0.25) is 14.5 Å². The zero-order valence-corrected chi connectivity index (χ0v) is 18.8. The van der Waals surface area contributed by atoms with Crippen LogP contribution in [0.25, 0.3) is 0 Å². The molecule has 8 heteroatoms. The number of rotatable bonds is 7. The number of carbonyl (C=O) groups is 1. The zero-order chi connectivity index (χ0) is 19.1. The van der Waals surface area contributed by atoms with Crippen LogP contribution in [0.2, 0.25) is 0 Å². The van der Waals surface area contributed by atoms with Gasteiger partial charge in [0.2, 0.25) is 5.91 Å². The van der Waals surface area contributed by atoms with Gasteiger partial charge in [-0.15, -0.1) is 24.0 Å². The van der Waals surface area contributed by atoms with E-state index < -0.39 is 0 Å². The van der Waals surface area contributed by atoms with Crippen LogP contribution in [0.5, 0.6) is 0 Å². The lowest BCUT2D eigenvalue weighted by Gasteiger charge is -2.24. The Bertz CT molecular complexity index is 803. The van der Waals surface area contributed by atoms with Crippen LogP contribution in [-0.4, -0.2) is 41.3 Å². The van der Waals surface area contributed by atoms with Crippen LogP contribution in [0, 0.1) is 0 Å². The van der Waals surface area contributed by atoms with Crippen LogP contribution in [0.4, 0.5) is 5.69 Å². The Morgan fingerprint density at radius 2 is 2.18 bits per heavy atom. The third-order valence-corrected chi connectivity index (χ3v) is 4.61. The standard InChI is InChI=1S/C20H28N6O.HI/c1-3-21-20(22-10-6-7-15-12-24-26(2)14-15)23-13-16-11-19(27)25-18-9-5-4-8-17(16)18;/h4-5,8-9,12,14,16H,3,6-7,10-11,13H2,1-2H3,(H,25,27)(H2,21,22,23);1H. The quantitative estimate of drug-likeness (QED) is 0.238. The summed E-state index contributed by atoms with van der Waals surface area (Å²) in [5.74, 6) is 0.969. The molecule has 28 heavy (non-hydrogen) atoms. The Hall–Kier alpha value is -2.10. The molecule has 0 saturated carbocycles. The van der Waals surface area contributed by atoms with E-state index in [4.69, 9.17) is 4.99 Å². The number of para-hydroxylation sites is 1. The van der Waals surface area contributed by atoms with E-state index in [2.05, 4.69) is 34.0 Å². The van der Waals surface area contributed by atoms with Crippen molar-refractivity contribution >= 4 is 41.5 Å². The molecule has 7 nitrogen and oxygen atoms in total. The summed E-state index contributed by atoms with van der Waals surface area (Å²) in [7, 11) is 1.93.